The van der Waals surface area contributed by atoms with Gasteiger partial charge in [0.2, 0.25) is 5.91 Å². The van der Waals surface area contributed by atoms with Crippen molar-refractivity contribution < 1.29 is 4.79 Å². The topological polar surface area (TPSA) is 89.2 Å². The van der Waals surface area contributed by atoms with Gasteiger partial charge in [0, 0.05) is 18.7 Å². The molecule has 0 aliphatic carbocycles. The Kier molecular flexibility index (Phi) is 4.79. The van der Waals surface area contributed by atoms with E-state index in [1.54, 1.807) is 16.9 Å². The smallest absolute Gasteiger partial charge is 0.235 e. The molecule has 134 valence electrons. The molecule has 8 nitrogen and oxygen atoms in total. The molecule has 3 aromatic rings. The number of aromatic nitrogens is 6. The number of rotatable bonds is 4. The fraction of sp³-hybridized carbons (Fsp3) is 0.412. The third-order valence-corrected chi connectivity index (χ3v) is 5.41. The highest BCUT2D eigenvalue weighted by molar-refractivity contribution is 8.00. The number of likely N-dealkylation sites (tertiary alicyclic amines) is 1. The van der Waals surface area contributed by atoms with Gasteiger partial charge < -0.3 is 4.90 Å². The summed E-state index contributed by atoms with van der Waals surface area (Å²) in [6.07, 6.45) is 6.63. The minimum absolute atomic E-state index is 0.180. The lowest BCUT2D eigenvalue weighted by atomic mass is 10.1. The Morgan fingerprint density at radius 1 is 1.12 bits per heavy atom. The molecule has 26 heavy (non-hydrogen) atoms. The largest absolute Gasteiger partial charge is 0.342 e. The molecule has 1 aliphatic rings. The number of fused-ring (bicyclic) bond motifs is 1. The molecule has 0 aromatic carbocycles. The van der Waals surface area contributed by atoms with Crippen molar-refractivity contribution in [2.24, 2.45) is 0 Å². The highest BCUT2D eigenvalue weighted by atomic mass is 32.2. The number of piperidine rings is 1. The monoisotopic (exact) mass is 369 g/mol. The second-order valence-electron chi connectivity index (χ2n) is 6.24. The van der Waals surface area contributed by atoms with Gasteiger partial charge in [0.1, 0.15) is 5.03 Å². The Morgan fingerprint density at radius 3 is 2.73 bits per heavy atom. The van der Waals surface area contributed by atoms with Gasteiger partial charge in [0.05, 0.1) is 17.6 Å². The van der Waals surface area contributed by atoms with E-state index in [2.05, 4.69) is 25.5 Å². The van der Waals surface area contributed by atoms with Gasteiger partial charge in [-0.05, 0) is 44.4 Å². The summed E-state index contributed by atoms with van der Waals surface area (Å²) < 4.78 is 1.68. The molecule has 3 aromatic heterocycles. The van der Waals surface area contributed by atoms with Gasteiger partial charge in [-0.1, -0.05) is 11.8 Å². The van der Waals surface area contributed by atoms with Crippen molar-refractivity contribution >= 4 is 23.3 Å². The Bertz CT molecular complexity index is 908. The number of hydrogen-bond donors (Lipinski definition) is 0. The van der Waals surface area contributed by atoms with E-state index in [4.69, 9.17) is 0 Å². The zero-order valence-electron chi connectivity index (χ0n) is 14.4. The zero-order valence-corrected chi connectivity index (χ0v) is 15.3. The Labute approximate surface area is 155 Å². The van der Waals surface area contributed by atoms with Crippen LogP contribution in [0.25, 0.3) is 17.0 Å². The molecule has 4 heterocycles. The average molecular weight is 369 g/mol. The van der Waals surface area contributed by atoms with Crippen LogP contribution in [0.4, 0.5) is 0 Å². The molecule has 0 N–H and O–H groups in total. The molecule has 1 aliphatic heterocycles. The van der Waals surface area contributed by atoms with E-state index in [1.165, 1.54) is 18.2 Å². The van der Waals surface area contributed by atoms with Crippen molar-refractivity contribution in [1.29, 1.82) is 0 Å². The summed E-state index contributed by atoms with van der Waals surface area (Å²) in [7, 11) is 0. The van der Waals surface area contributed by atoms with Gasteiger partial charge in [-0.25, -0.2) is 0 Å². The number of nitrogens with zero attached hydrogens (tertiary/aromatic N) is 7. The summed E-state index contributed by atoms with van der Waals surface area (Å²) in [4.78, 5) is 14.6. The van der Waals surface area contributed by atoms with Crippen LogP contribution in [0.5, 0.6) is 0 Å². The van der Waals surface area contributed by atoms with Crippen molar-refractivity contribution in [3.8, 4) is 11.4 Å². The summed E-state index contributed by atoms with van der Waals surface area (Å²) in [5.74, 6) is 0.784. The van der Waals surface area contributed by atoms with Gasteiger partial charge in [-0.3, -0.25) is 4.79 Å². The van der Waals surface area contributed by atoms with Gasteiger partial charge in [0.25, 0.3) is 0 Å². The summed E-state index contributed by atoms with van der Waals surface area (Å²) in [6, 6.07) is 5.55. The Balaban J connectivity index is 1.56. The summed E-state index contributed by atoms with van der Waals surface area (Å²) in [5, 5.41) is 21.2. The van der Waals surface area contributed by atoms with Crippen LogP contribution in [-0.4, -0.2) is 59.2 Å². The fourth-order valence-corrected chi connectivity index (χ4v) is 3.93. The molecule has 1 saturated heterocycles. The van der Waals surface area contributed by atoms with Crippen LogP contribution < -0.4 is 0 Å². The first-order valence-electron chi connectivity index (χ1n) is 8.67. The first kappa shape index (κ1) is 16.9. The van der Waals surface area contributed by atoms with E-state index in [1.807, 2.05) is 30.0 Å². The summed E-state index contributed by atoms with van der Waals surface area (Å²) in [6.45, 7) is 3.66. The molecule has 1 atom stereocenters. The van der Waals surface area contributed by atoms with Crippen molar-refractivity contribution in [2.45, 2.75) is 36.5 Å². The second-order valence-corrected chi connectivity index (χ2v) is 7.60. The molecule has 0 radical (unpaired) electrons. The minimum Gasteiger partial charge on any atom is -0.342 e. The molecular weight excluding hydrogens is 350 g/mol. The van der Waals surface area contributed by atoms with Crippen molar-refractivity contribution in [1.82, 2.24) is 34.9 Å². The molecular formula is C17H19N7OS. The van der Waals surface area contributed by atoms with Crippen molar-refractivity contribution in [2.75, 3.05) is 13.1 Å². The second kappa shape index (κ2) is 7.36. The van der Waals surface area contributed by atoms with Crippen LogP contribution in [0.15, 0.2) is 35.6 Å². The molecule has 0 saturated carbocycles. The lowest BCUT2D eigenvalue weighted by Crippen LogP contribution is -2.40. The molecule has 4 rings (SSSR count). The average Bonchev–Trinajstić information content (AvgIpc) is 3.12. The lowest BCUT2D eigenvalue weighted by Gasteiger charge is -2.28. The van der Waals surface area contributed by atoms with Gasteiger partial charge in [-0.15, -0.1) is 10.2 Å². The normalized spacial score (nSPS) is 16.0. The van der Waals surface area contributed by atoms with Gasteiger partial charge >= 0.3 is 0 Å². The Morgan fingerprint density at radius 2 is 1.96 bits per heavy atom. The van der Waals surface area contributed by atoms with Crippen LogP contribution in [0.1, 0.15) is 26.2 Å². The quantitative estimate of drug-likeness (QED) is 0.650. The number of amides is 1. The lowest BCUT2D eigenvalue weighted by molar-refractivity contribution is -0.131. The predicted octanol–water partition coefficient (Wildman–Crippen LogP) is 2.07. The Hall–Kier alpha value is -2.55. The van der Waals surface area contributed by atoms with Crippen LogP contribution in [-0.2, 0) is 4.79 Å². The standard InChI is InChI=1S/C17H19N7OS/c1-12(17(25)23-9-3-2-4-10-23)26-15-6-5-14-20-21-16(24(14)22-15)13-7-8-18-19-11-13/h5-8,11-12H,2-4,9-10H2,1H3. The van der Waals surface area contributed by atoms with Crippen LogP contribution in [0.2, 0.25) is 0 Å². The van der Waals surface area contributed by atoms with Crippen LogP contribution in [0, 0.1) is 0 Å². The number of carbonyl (C=O) groups excluding carboxylic acids is 1. The van der Waals surface area contributed by atoms with E-state index in [0.29, 0.717) is 11.5 Å². The van der Waals surface area contributed by atoms with E-state index >= 15 is 0 Å². The fourth-order valence-electron chi connectivity index (χ4n) is 3.04. The predicted molar refractivity (Wildman–Crippen MR) is 97.6 cm³/mol. The maximum absolute atomic E-state index is 12.6. The number of carbonyl (C=O) groups is 1. The first-order chi connectivity index (χ1) is 12.7. The number of thioether (sulfide) groups is 1. The molecule has 1 amide bonds. The van der Waals surface area contributed by atoms with Gasteiger partial charge in [-0.2, -0.15) is 19.8 Å². The maximum atomic E-state index is 12.6. The van der Waals surface area contributed by atoms with Crippen molar-refractivity contribution in [3.63, 3.8) is 0 Å². The molecule has 1 unspecified atom stereocenters. The van der Waals surface area contributed by atoms with Crippen molar-refractivity contribution in [3.05, 3.63) is 30.6 Å². The summed E-state index contributed by atoms with van der Waals surface area (Å²) >= 11 is 1.46. The third-order valence-electron chi connectivity index (χ3n) is 4.39. The van der Waals surface area contributed by atoms with E-state index in [0.717, 1.165) is 36.5 Å². The number of hydrogen-bond acceptors (Lipinski definition) is 7. The van der Waals surface area contributed by atoms with E-state index in [-0.39, 0.29) is 11.2 Å². The van der Waals surface area contributed by atoms with Crippen LogP contribution >= 0.6 is 11.8 Å². The van der Waals surface area contributed by atoms with E-state index in [9.17, 15) is 4.79 Å². The highest BCUT2D eigenvalue weighted by Crippen LogP contribution is 2.25. The molecule has 0 spiro atoms. The maximum Gasteiger partial charge on any atom is 0.235 e. The highest BCUT2D eigenvalue weighted by Gasteiger charge is 2.23. The SMILES string of the molecule is CC(Sc1ccc2nnc(-c3ccnnc3)n2n1)C(=O)N1CCCCC1. The van der Waals surface area contributed by atoms with Gasteiger partial charge in [0.15, 0.2) is 11.5 Å². The van der Waals surface area contributed by atoms with Crippen LogP contribution in [0.3, 0.4) is 0 Å². The molecule has 9 heteroatoms. The minimum atomic E-state index is -0.180. The summed E-state index contributed by atoms with van der Waals surface area (Å²) in [5.41, 5.74) is 1.44. The van der Waals surface area contributed by atoms with E-state index < -0.39 is 0 Å². The third kappa shape index (κ3) is 3.39. The molecule has 0 bridgehead atoms. The first-order valence-corrected chi connectivity index (χ1v) is 9.55. The molecule has 1 fully saturated rings. The zero-order chi connectivity index (χ0) is 17.9.